The molecule has 1 aliphatic carbocycles. The Morgan fingerprint density at radius 2 is 2.12 bits per heavy atom. The molecule has 0 aromatic carbocycles. The summed E-state index contributed by atoms with van der Waals surface area (Å²) in [5.74, 6) is -0.0557. The van der Waals surface area contributed by atoms with E-state index in [-0.39, 0.29) is 11.9 Å². The molecule has 0 unspecified atom stereocenters. The maximum absolute atomic E-state index is 12.0. The summed E-state index contributed by atoms with van der Waals surface area (Å²) in [6, 6.07) is 2.23. The van der Waals surface area contributed by atoms with Crippen molar-refractivity contribution in [1.82, 2.24) is 9.88 Å². The highest BCUT2D eigenvalue weighted by molar-refractivity contribution is 6.31. The number of amides is 1. The van der Waals surface area contributed by atoms with Crippen molar-refractivity contribution in [3.05, 3.63) is 23.0 Å². The molecular weight excluding hydrogens is 238 g/mol. The molecule has 0 spiro atoms. The quantitative estimate of drug-likeness (QED) is 0.845. The van der Waals surface area contributed by atoms with Gasteiger partial charge in [0, 0.05) is 25.3 Å². The standard InChI is InChI=1S/C12H18ClN3O/c1-16-7-8(13)6-11(16)12(17)15-10-4-2-9(14)3-5-10/h6-7,9-10H,2-5,14H2,1H3,(H,15,17). The van der Waals surface area contributed by atoms with Crippen LogP contribution in [0.4, 0.5) is 0 Å². The van der Waals surface area contributed by atoms with E-state index in [0.717, 1.165) is 25.7 Å². The van der Waals surface area contributed by atoms with Gasteiger partial charge < -0.3 is 15.6 Å². The van der Waals surface area contributed by atoms with E-state index in [0.29, 0.717) is 16.8 Å². The monoisotopic (exact) mass is 255 g/mol. The zero-order valence-corrected chi connectivity index (χ0v) is 10.7. The van der Waals surface area contributed by atoms with Gasteiger partial charge >= 0.3 is 0 Å². The number of hydrogen-bond donors (Lipinski definition) is 2. The Balaban J connectivity index is 1.95. The van der Waals surface area contributed by atoms with Crippen LogP contribution >= 0.6 is 11.6 Å². The number of nitrogens with two attached hydrogens (primary N) is 1. The lowest BCUT2D eigenvalue weighted by Gasteiger charge is -2.26. The average molecular weight is 256 g/mol. The van der Waals surface area contributed by atoms with Crippen molar-refractivity contribution in [2.75, 3.05) is 0 Å². The first kappa shape index (κ1) is 12.5. The van der Waals surface area contributed by atoms with Crippen LogP contribution in [0.2, 0.25) is 5.02 Å². The number of aromatic nitrogens is 1. The van der Waals surface area contributed by atoms with Gasteiger partial charge in [0.15, 0.2) is 0 Å². The van der Waals surface area contributed by atoms with Crippen LogP contribution in [0.3, 0.4) is 0 Å². The Morgan fingerprint density at radius 3 is 2.65 bits per heavy atom. The Bertz CT molecular complexity index is 408. The van der Waals surface area contributed by atoms with Crippen LogP contribution in [0.15, 0.2) is 12.3 Å². The number of rotatable bonds is 2. The van der Waals surface area contributed by atoms with E-state index in [9.17, 15) is 4.79 Å². The Morgan fingerprint density at radius 1 is 1.47 bits per heavy atom. The van der Waals surface area contributed by atoms with Crippen molar-refractivity contribution < 1.29 is 4.79 Å². The highest BCUT2D eigenvalue weighted by atomic mass is 35.5. The summed E-state index contributed by atoms with van der Waals surface area (Å²) in [4.78, 5) is 12.0. The van der Waals surface area contributed by atoms with Gasteiger partial charge in [-0.1, -0.05) is 11.6 Å². The molecule has 94 valence electrons. The number of carbonyl (C=O) groups excluding carboxylic acids is 1. The second-order valence-electron chi connectivity index (χ2n) is 4.74. The molecular formula is C12H18ClN3O. The molecule has 4 nitrogen and oxygen atoms in total. The van der Waals surface area contributed by atoms with Gasteiger partial charge in [-0.15, -0.1) is 0 Å². The summed E-state index contributed by atoms with van der Waals surface area (Å²) in [6.45, 7) is 0. The molecule has 1 fully saturated rings. The smallest absolute Gasteiger partial charge is 0.268 e. The van der Waals surface area contributed by atoms with E-state index in [2.05, 4.69) is 5.32 Å². The Kier molecular flexibility index (Phi) is 3.74. The maximum Gasteiger partial charge on any atom is 0.268 e. The first-order valence-electron chi connectivity index (χ1n) is 5.94. The number of hydrogen-bond acceptors (Lipinski definition) is 2. The highest BCUT2D eigenvalue weighted by Gasteiger charge is 2.21. The second-order valence-corrected chi connectivity index (χ2v) is 5.18. The number of carbonyl (C=O) groups is 1. The number of aryl methyl sites for hydroxylation is 1. The normalized spacial score (nSPS) is 24.6. The average Bonchev–Trinajstić information content (AvgIpc) is 2.61. The van der Waals surface area contributed by atoms with Gasteiger partial charge in [-0.3, -0.25) is 4.79 Å². The third-order valence-corrected chi connectivity index (χ3v) is 3.52. The zero-order valence-electron chi connectivity index (χ0n) is 9.95. The molecule has 1 aromatic heterocycles. The molecule has 0 aliphatic heterocycles. The third-order valence-electron chi connectivity index (χ3n) is 3.31. The molecule has 0 saturated heterocycles. The van der Waals surface area contributed by atoms with E-state index < -0.39 is 0 Å². The van der Waals surface area contributed by atoms with Gasteiger partial charge in [-0.25, -0.2) is 0 Å². The van der Waals surface area contributed by atoms with Crippen molar-refractivity contribution in [3.63, 3.8) is 0 Å². The highest BCUT2D eigenvalue weighted by Crippen LogP contribution is 2.18. The number of halogens is 1. The van der Waals surface area contributed by atoms with E-state index in [1.165, 1.54) is 0 Å². The van der Waals surface area contributed by atoms with Gasteiger partial charge in [0.1, 0.15) is 5.69 Å². The molecule has 1 aromatic rings. The van der Waals surface area contributed by atoms with Crippen molar-refractivity contribution in [3.8, 4) is 0 Å². The lowest BCUT2D eigenvalue weighted by atomic mass is 9.92. The third kappa shape index (κ3) is 3.01. The molecule has 1 heterocycles. The van der Waals surface area contributed by atoms with Crippen LogP contribution < -0.4 is 11.1 Å². The second kappa shape index (κ2) is 5.10. The first-order chi connectivity index (χ1) is 8.06. The van der Waals surface area contributed by atoms with Crippen molar-refractivity contribution >= 4 is 17.5 Å². The van der Waals surface area contributed by atoms with Crippen LogP contribution in [0.1, 0.15) is 36.2 Å². The predicted molar refractivity (Wildman–Crippen MR) is 68.1 cm³/mol. The Hall–Kier alpha value is -1.00. The minimum atomic E-state index is -0.0557. The van der Waals surface area contributed by atoms with Crippen LogP contribution in [0.5, 0.6) is 0 Å². The molecule has 5 heteroatoms. The van der Waals surface area contributed by atoms with E-state index in [1.807, 2.05) is 7.05 Å². The van der Waals surface area contributed by atoms with E-state index in [4.69, 9.17) is 17.3 Å². The molecule has 0 radical (unpaired) electrons. The molecule has 1 amide bonds. The van der Waals surface area contributed by atoms with Gasteiger partial charge in [0.2, 0.25) is 0 Å². The minimum Gasteiger partial charge on any atom is -0.348 e. The molecule has 1 aliphatic rings. The molecule has 2 rings (SSSR count). The number of nitrogens with zero attached hydrogens (tertiary/aromatic N) is 1. The van der Waals surface area contributed by atoms with Crippen LogP contribution in [-0.2, 0) is 7.05 Å². The van der Waals surface area contributed by atoms with Crippen molar-refractivity contribution in [2.24, 2.45) is 12.8 Å². The molecule has 0 bridgehead atoms. The van der Waals surface area contributed by atoms with Gasteiger partial charge in [-0.2, -0.15) is 0 Å². The van der Waals surface area contributed by atoms with Crippen molar-refractivity contribution in [2.45, 2.75) is 37.8 Å². The SMILES string of the molecule is Cn1cc(Cl)cc1C(=O)NC1CCC(N)CC1. The summed E-state index contributed by atoms with van der Waals surface area (Å²) in [7, 11) is 1.82. The van der Waals surface area contributed by atoms with Crippen LogP contribution in [0, 0.1) is 0 Å². The summed E-state index contributed by atoms with van der Waals surface area (Å²) in [6.07, 6.45) is 5.63. The van der Waals surface area contributed by atoms with E-state index >= 15 is 0 Å². The Labute approximate surface area is 106 Å². The molecule has 1 saturated carbocycles. The number of nitrogens with one attached hydrogen (secondary N) is 1. The van der Waals surface area contributed by atoms with Gasteiger partial charge in [-0.05, 0) is 31.7 Å². The topological polar surface area (TPSA) is 60.0 Å². The predicted octanol–water partition coefficient (Wildman–Crippen LogP) is 1.68. The van der Waals surface area contributed by atoms with Crippen LogP contribution in [0.25, 0.3) is 0 Å². The lowest BCUT2D eigenvalue weighted by molar-refractivity contribution is 0.0917. The lowest BCUT2D eigenvalue weighted by Crippen LogP contribution is -2.40. The zero-order chi connectivity index (χ0) is 12.4. The van der Waals surface area contributed by atoms with Crippen LogP contribution in [-0.4, -0.2) is 22.6 Å². The first-order valence-corrected chi connectivity index (χ1v) is 6.32. The fourth-order valence-corrected chi connectivity index (χ4v) is 2.52. The minimum absolute atomic E-state index is 0.0557. The fourth-order valence-electron chi connectivity index (χ4n) is 2.27. The largest absolute Gasteiger partial charge is 0.348 e. The summed E-state index contributed by atoms with van der Waals surface area (Å²) in [5, 5.41) is 3.62. The molecule has 3 N–H and O–H groups in total. The fraction of sp³-hybridized carbons (Fsp3) is 0.583. The summed E-state index contributed by atoms with van der Waals surface area (Å²) < 4.78 is 1.74. The van der Waals surface area contributed by atoms with Crippen molar-refractivity contribution in [1.29, 1.82) is 0 Å². The molecule has 0 atom stereocenters. The molecule has 17 heavy (non-hydrogen) atoms. The summed E-state index contributed by atoms with van der Waals surface area (Å²) in [5.41, 5.74) is 6.43. The summed E-state index contributed by atoms with van der Waals surface area (Å²) >= 11 is 5.85. The maximum atomic E-state index is 12.0. The van der Waals surface area contributed by atoms with Gasteiger partial charge in [0.05, 0.1) is 5.02 Å². The van der Waals surface area contributed by atoms with Gasteiger partial charge in [0.25, 0.3) is 5.91 Å². The van der Waals surface area contributed by atoms with E-state index in [1.54, 1.807) is 16.8 Å².